The van der Waals surface area contributed by atoms with Crippen LogP contribution in [0.15, 0.2) is 54.7 Å². The number of likely N-dealkylation sites (N-methyl/N-ethyl adjacent to an activating group) is 2. The van der Waals surface area contributed by atoms with Gasteiger partial charge in [-0.1, -0.05) is 34.1 Å². The minimum absolute atomic E-state index is 0.0406. The van der Waals surface area contributed by atoms with Gasteiger partial charge in [0.15, 0.2) is 0 Å². The van der Waals surface area contributed by atoms with Gasteiger partial charge in [0.2, 0.25) is 5.95 Å². The van der Waals surface area contributed by atoms with Crippen molar-refractivity contribution in [1.82, 2.24) is 19.8 Å². The number of carbonyl (C=O) groups is 2. The van der Waals surface area contributed by atoms with E-state index in [9.17, 15) is 9.59 Å². The third kappa shape index (κ3) is 8.45. The van der Waals surface area contributed by atoms with Gasteiger partial charge >= 0.3 is 6.09 Å². The van der Waals surface area contributed by atoms with Gasteiger partial charge in [-0.25, -0.2) is 14.7 Å². The average Bonchev–Trinajstić information content (AvgIpc) is 3.07. The standard InChI is InChI=1S/C35H48N6O5/c1-8-40(9-2)22-21-39(5)33(42)26-13-15-27(16-14-26)37-34-36-20-19-31(38-34)41(29-18-17-28(44-6)23-30(29)45-7)35(43)46-32-24(3)11-10-12-25(32)4/h13-20,23-25,32H,8-12,21-22H2,1-7H3,(H,36,37,38). The second-order valence-corrected chi connectivity index (χ2v) is 11.8. The largest absolute Gasteiger partial charge is 0.497 e. The fourth-order valence-electron chi connectivity index (χ4n) is 5.85. The highest BCUT2D eigenvalue weighted by atomic mass is 16.6. The van der Waals surface area contributed by atoms with Crippen LogP contribution in [0.5, 0.6) is 11.5 Å². The summed E-state index contributed by atoms with van der Waals surface area (Å²) >= 11 is 0. The van der Waals surface area contributed by atoms with Crippen LogP contribution < -0.4 is 19.7 Å². The van der Waals surface area contributed by atoms with Gasteiger partial charge in [-0.15, -0.1) is 0 Å². The lowest BCUT2D eigenvalue weighted by Gasteiger charge is -2.35. The Morgan fingerprint density at radius 2 is 1.63 bits per heavy atom. The van der Waals surface area contributed by atoms with Crippen LogP contribution in [0.3, 0.4) is 0 Å². The Hall–Kier alpha value is -4.38. The van der Waals surface area contributed by atoms with Crippen molar-refractivity contribution in [2.24, 2.45) is 11.8 Å². The number of benzene rings is 2. The van der Waals surface area contributed by atoms with E-state index >= 15 is 0 Å². The molecule has 2 unspecified atom stereocenters. The molecule has 0 spiro atoms. The highest BCUT2D eigenvalue weighted by molar-refractivity contribution is 5.97. The minimum atomic E-state index is -0.549. The molecule has 11 heteroatoms. The topological polar surface area (TPSA) is 109 Å². The molecule has 1 aliphatic carbocycles. The molecular formula is C35H48N6O5. The Morgan fingerprint density at radius 3 is 2.26 bits per heavy atom. The normalized spacial score (nSPS) is 17.7. The SMILES string of the molecule is CCN(CC)CCN(C)C(=O)c1ccc(Nc2nccc(N(C(=O)OC3C(C)CCCC3C)c3ccc(OC)cc3OC)n2)cc1. The Bertz CT molecular complexity index is 1440. The summed E-state index contributed by atoms with van der Waals surface area (Å²) in [5.41, 5.74) is 1.75. The van der Waals surface area contributed by atoms with Gasteiger partial charge in [0, 0.05) is 49.7 Å². The molecule has 4 rings (SSSR count). The van der Waals surface area contributed by atoms with Crippen LogP contribution in [-0.2, 0) is 4.74 Å². The van der Waals surface area contributed by atoms with Gasteiger partial charge in [0.1, 0.15) is 23.4 Å². The number of amides is 2. The fraction of sp³-hybridized carbons (Fsp3) is 0.486. The summed E-state index contributed by atoms with van der Waals surface area (Å²) in [5, 5.41) is 3.20. The van der Waals surface area contributed by atoms with E-state index in [1.54, 1.807) is 54.6 Å². The van der Waals surface area contributed by atoms with E-state index in [4.69, 9.17) is 19.2 Å². The van der Waals surface area contributed by atoms with Crippen molar-refractivity contribution < 1.29 is 23.8 Å². The van der Waals surface area contributed by atoms with Gasteiger partial charge in [-0.05, 0) is 74.2 Å². The highest BCUT2D eigenvalue weighted by Crippen LogP contribution is 2.38. The Kier molecular flexibility index (Phi) is 12.2. The van der Waals surface area contributed by atoms with Crippen molar-refractivity contribution in [3.8, 4) is 11.5 Å². The monoisotopic (exact) mass is 632 g/mol. The van der Waals surface area contributed by atoms with E-state index in [1.807, 2.05) is 19.2 Å². The first-order chi connectivity index (χ1) is 22.2. The molecule has 3 aromatic rings. The Labute approximate surface area is 272 Å². The first-order valence-corrected chi connectivity index (χ1v) is 16.1. The molecule has 11 nitrogen and oxygen atoms in total. The number of ether oxygens (including phenoxy) is 3. The summed E-state index contributed by atoms with van der Waals surface area (Å²) in [4.78, 5) is 41.5. The maximum Gasteiger partial charge on any atom is 0.420 e. The van der Waals surface area contributed by atoms with Crippen molar-refractivity contribution in [1.29, 1.82) is 0 Å². The molecule has 0 saturated heterocycles. The predicted molar refractivity (Wildman–Crippen MR) is 181 cm³/mol. The number of aromatic nitrogens is 2. The number of hydrogen-bond donors (Lipinski definition) is 1. The zero-order chi connectivity index (χ0) is 33.2. The number of rotatable bonds is 13. The lowest BCUT2D eigenvalue weighted by atomic mass is 9.81. The molecule has 1 aromatic heterocycles. The van der Waals surface area contributed by atoms with Crippen LogP contribution in [0, 0.1) is 11.8 Å². The van der Waals surface area contributed by atoms with Crippen LogP contribution in [0.2, 0.25) is 0 Å². The maximum atomic E-state index is 14.0. The van der Waals surface area contributed by atoms with E-state index in [0.717, 1.165) is 38.9 Å². The van der Waals surface area contributed by atoms with E-state index in [2.05, 4.69) is 42.9 Å². The summed E-state index contributed by atoms with van der Waals surface area (Å²) in [6.45, 7) is 11.9. The van der Waals surface area contributed by atoms with Gasteiger partial charge in [0.25, 0.3) is 5.91 Å². The number of hydrogen-bond acceptors (Lipinski definition) is 9. The van der Waals surface area contributed by atoms with E-state index in [1.165, 1.54) is 12.0 Å². The summed E-state index contributed by atoms with van der Waals surface area (Å²) in [6, 6.07) is 14.1. The molecule has 1 heterocycles. The van der Waals surface area contributed by atoms with Gasteiger partial charge in [0.05, 0.1) is 19.9 Å². The summed E-state index contributed by atoms with van der Waals surface area (Å²) in [6.07, 6.45) is 3.95. The summed E-state index contributed by atoms with van der Waals surface area (Å²) in [7, 11) is 4.93. The molecule has 248 valence electrons. The lowest BCUT2D eigenvalue weighted by molar-refractivity contribution is 0.0144. The Balaban J connectivity index is 1.57. The second kappa shape index (κ2) is 16.3. The average molecular weight is 633 g/mol. The maximum absolute atomic E-state index is 14.0. The van der Waals surface area contributed by atoms with Crippen LogP contribution in [-0.4, -0.2) is 85.3 Å². The number of nitrogens with one attached hydrogen (secondary N) is 1. The molecule has 2 amide bonds. The molecular weight excluding hydrogens is 584 g/mol. The number of anilines is 4. The molecule has 1 aliphatic rings. The van der Waals surface area contributed by atoms with E-state index < -0.39 is 6.09 Å². The number of methoxy groups -OCH3 is 2. The first-order valence-electron chi connectivity index (χ1n) is 16.1. The van der Waals surface area contributed by atoms with E-state index in [-0.39, 0.29) is 29.8 Å². The molecule has 0 aliphatic heterocycles. The van der Waals surface area contributed by atoms with Crippen molar-refractivity contribution in [2.45, 2.75) is 53.1 Å². The van der Waals surface area contributed by atoms with Crippen molar-refractivity contribution in [2.75, 3.05) is 57.7 Å². The van der Waals surface area contributed by atoms with Crippen molar-refractivity contribution >= 4 is 35.1 Å². The van der Waals surface area contributed by atoms with Crippen LogP contribution >= 0.6 is 0 Å². The van der Waals surface area contributed by atoms with E-state index in [0.29, 0.717) is 40.8 Å². The molecule has 1 saturated carbocycles. The number of carbonyl (C=O) groups excluding carboxylic acids is 2. The zero-order valence-corrected chi connectivity index (χ0v) is 28.2. The first kappa shape index (κ1) is 34.5. The van der Waals surface area contributed by atoms with Crippen LogP contribution in [0.4, 0.5) is 27.9 Å². The summed E-state index contributed by atoms with van der Waals surface area (Å²) in [5.74, 6) is 2.04. The highest BCUT2D eigenvalue weighted by Gasteiger charge is 2.34. The minimum Gasteiger partial charge on any atom is -0.497 e. The number of nitrogens with zero attached hydrogens (tertiary/aromatic N) is 5. The van der Waals surface area contributed by atoms with Gasteiger partial charge < -0.3 is 29.3 Å². The third-order valence-electron chi connectivity index (χ3n) is 8.74. The molecule has 46 heavy (non-hydrogen) atoms. The quantitative estimate of drug-likeness (QED) is 0.219. The van der Waals surface area contributed by atoms with Crippen LogP contribution in [0.1, 0.15) is 57.3 Å². The van der Waals surface area contributed by atoms with Crippen molar-refractivity contribution in [3.05, 3.63) is 60.3 Å². The van der Waals surface area contributed by atoms with Crippen LogP contribution in [0.25, 0.3) is 0 Å². The molecule has 2 aromatic carbocycles. The van der Waals surface area contributed by atoms with Gasteiger partial charge in [-0.3, -0.25) is 4.79 Å². The smallest absolute Gasteiger partial charge is 0.420 e. The molecule has 0 radical (unpaired) electrons. The molecule has 1 N–H and O–H groups in total. The predicted octanol–water partition coefficient (Wildman–Crippen LogP) is 6.75. The second-order valence-electron chi connectivity index (χ2n) is 11.8. The fourth-order valence-corrected chi connectivity index (χ4v) is 5.85. The molecule has 2 atom stereocenters. The summed E-state index contributed by atoms with van der Waals surface area (Å²) < 4.78 is 17.2. The molecule has 0 bridgehead atoms. The lowest BCUT2D eigenvalue weighted by Crippen LogP contribution is -2.39. The Morgan fingerprint density at radius 1 is 0.935 bits per heavy atom. The van der Waals surface area contributed by atoms with Crippen molar-refractivity contribution in [3.63, 3.8) is 0 Å². The molecule has 1 fully saturated rings. The third-order valence-corrected chi connectivity index (χ3v) is 8.74. The zero-order valence-electron chi connectivity index (χ0n) is 28.2. The van der Waals surface area contributed by atoms with Gasteiger partial charge in [-0.2, -0.15) is 4.98 Å².